The van der Waals surface area contributed by atoms with Crippen LogP contribution in [0.3, 0.4) is 0 Å². The van der Waals surface area contributed by atoms with Crippen molar-refractivity contribution in [3.05, 3.63) is 65.2 Å². The minimum absolute atomic E-state index is 0.0591. The molecule has 3 N–H and O–H groups in total. The highest BCUT2D eigenvalue weighted by Crippen LogP contribution is 2.41. The quantitative estimate of drug-likeness (QED) is 0.381. The van der Waals surface area contributed by atoms with Crippen LogP contribution in [-0.4, -0.2) is 52.9 Å². The molecule has 156 valence electrons. The molecule has 0 bridgehead atoms. The molecule has 8 nitrogen and oxygen atoms in total. The first-order valence-corrected chi connectivity index (χ1v) is 9.30. The number of ether oxygens (including phenoxy) is 1. The molecule has 0 saturated carbocycles. The summed E-state index contributed by atoms with van der Waals surface area (Å²) in [5.74, 6) is -2.10. The zero-order chi connectivity index (χ0) is 21.8. The molecule has 2 aromatic carbocycles. The summed E-state index contributed by atoms with van der Waals surface area (Å²) in [5.41, 5.74) is 0.805. The molecule has 8 heteroatoms. The highest BCUT2D eigenvalue weighted by Gasteiger charge is 2.46. The monoisotopic (exact) mass is 410 g/mol. The molecule has 0 aliphatic carbocycles. The van der Waals surface area contributed by atoms with E-state index < -0.39 is 17.7 Å². The van der Waals surface area contributed by atoms with Crippen molar-refractivity contribution in [3.63, 3.8) is 0 Å². The number of benzene rings is 2. The number of Topliss-reactive ketones (excluding diaryl/α,β-unsaturated/α-hetero) is 1. The van der Waals surface area contributed by atoms with Crippen LogP contribution < -0.4 is 10.1 Å². The molecule has 1 atom stereocenters. The van der Waals surface area contributed by atoms with Crippen LogP contribution in [0.4, 0.5) is 0 Å². The lowest BCUT2D eigenvalue weighted by atomic mass is 9.95. The van der Waals surface area contributed by atoms with E-state index in [-0.39, 0.29) is 41.8 Å². The number of carbonyl (C=O) groups excluding carboxylic acids is 3. The smallest absolute Gasteiger partial charge is 0.295 e. The van der Waals surface area contributed by atoms with E-state index in [0.717, 1.165) is 0 Å². The molecule has 2 aromatic rings. The van der Waals surface area contributed by atoms with Gasteiger partial charge < -0.3 is 25.2 Å². The third kappa shape index (κ3) is 3.98. The van der Waals surface area contributed by atoms with E-state index in [4.69, 9.17) is 4.74 Å². The molecule has 0 radical (unpaired) electrons. The summed E-state index contributed by atoms with van der Waals surface area (Å²) in [7, 11) is 1.39. The molecular formula is C22H22N2O6. The molecule has 0 spiro atoms. The number of likely N-dealkylation sites (tertiary alicyclic amines) is 1. The van der Waals surface area contributed by atoms with Gasteiger partial charge in [-0.3, -0.25) is 14.4 Å². The first-order chi connectivity index (χ1) is 14.3. The van der Waals surface area contributed by atoms with Gasteiger partial charge in [-0.25, -0.2) is 0 Å². The number of ketones is 1. The van der Waals surface area contributed by atoms with E-state index in [2.05, 4.69) is 5.32 Å². The van der Waals surface area contributed by atoms with Crippen molar-refractivity contribution in [1.29, 1.82) is 0 Å². The van der Waals surface area contributed by atoms with Gasteiger partial charge in [0.1, 0.15) is 5.76 Å². The normalized spacial score (nSPS) is 17.8. The average molecular weight is 410 g/mol. The van der Waals surface area contributed by atoms with E-state index in [1.54, 1.807) is 36.4 Å². The van der Waals surface area contributed by atoms with Gasteiger partial charge in [-0.1, -0.05) is 36.4 Å². The number of aliphatic hydroxyl groups excluding tert-OH is 1. The van der Waals surface area contributed by atoms with Crippen molar-refractivity contribution in [2.45, 2.75) is 13.0 Å². The van der Waals surface area contributed by atoms with Crippen molar-refractivity contribution in [1.82, 2.24) is 10.2 Å². The number of phenols is 1. The zero-order valence-electron chi connectivity index (χ0n) is 16.6. The Balaban J connectivity index is 2.13. The second-order valence-electron chi connectivity index (χ2n) is 6.77. The molecule has 1 saturated heterocycles. The lowest BCUT2D eigenvalue weighted by molar-refractivity contribution is -0.140. The van der Waals surface area contributed by atoms with Crippen LogP contribution in [0, 0.1) is 0 Å². The fraction of sp³-hybridized carbons (Fsp3) is 0.227. The van der Waals surface area contributed by atoms with Gasteiger partial charge in [0.2, 0.25) is 5.91 Å². The number of aliphatic hydroxyl groups is 1. The number of carbonyl (C=O) groups is 3. The summed E-state index contributed by atoms with van der Waals surface area (Å²) in [5, 5.41) is 23.4. The SMILES string of the molecule is COc1cc([C@@H]2/C(=C(\O)c3ccccc3)C(=O)C(=O)N2CCNC(C)=O)ccc1O. The lowest BCUT2D eigenvalue weighted by Gasteiger charge is -2.25. The molecular weight excluding hydrogens is 388 g/mol. The predicted molar refractivity (Wildman–Crippen MR) is 109 cm³/mol. The Morgan fingerprint density at radius 1 is 1.17 bits per heavy atom. The van der Waals surface area contributed by atoms with E-state index in [1.165, 1.54) is 31.1 Å². The van der Waals surface area contributed by atoms with Crippen molar-refractivity contribution in [2.75, 3.05) is 20.2 Å². The van der Waals surface area contributed by atoms with Crippen LogP contribution in [0.1, 0.15) is 24.1 Å². The maximum atomic E-state index is 12.9. The van der Waals surface area contributed by atoms with Crippen LogP contribution in [0.25, 0.3) is 5.76 Å². The number of hydrogen-bond acceptors (Lipinski definition) is 6. The van der Waals surface area contributed by atoms with E-state index >= 15 is 0 Å². The average Bonchev–Trinajstić information content (AvgIpc) is 2.99. The van der Waals surface area contributed by atoms with Crippen LogP contribution in [-0.2, 0) is 14.4 Å². The Kier molecular flexibility index (Phi) is 6.06. The van der Waals surface area contributed by atoms with Gasteiger partial charge in [0, 0.05) is 25.6 Å². The number of hydrogen-bond donors (Lipinski definition) is 3. The summed E-state index contributed by atoms with van der Waals surface area (Å²) in [4.78, 5) is 38.1. The lowest BCUT2D eigenvalue weighted by Crippen LogP contribution is -2.37. The van der Waals surface area contributed by atoms with Gasteiger partial charge in [0.25, 0.3) is 11.7 Å². The molecule has 30 heavy (non-hydrogen) atoms. The molecule has 1 fully saturated rings. The molecule has 0 aromatic heterocycles. The van der Waals surface area contributed by atoms with Gasteiger partial charge in [-0.05, 0) is 17.7 Å². The molecule has 1 aliphatic rings. The van der Waals surface area contributed by atoms with Crippen molar-refractivity contribution < 1.29 is 29.3 Å². The summed E-state index contributed by atoms with van der Waals surface area (Å²) in [6.45, 7) is 1.55. The van der Waals surface area contributed by atoms with Crippen molar-refractivity contribution in [2.24, 2.45) is 0 Å². The summed E-state index contributed by atoms with van der Waals surface area (Å²) < 4.78 is 5.15. The zero-order valence-corrected chi connectivity index (χ0v) is 16.6. The van der Waals surface area contributed by atoms with E-state index in [9.17, 15) is 24.6 Å². The van der Waals surface area contributed by atoms with Gasteiger partial charge in [0.05, 0.1) is 18.7 Å². The Morgan fingerprint density at radius 2 is 1.87 bits per heavy atom. The van der Waals surface area contributed by atoms with Crippen molar-refractivity contribution >= 4 is 23.4 Å². The third-order valence-corrected chi connectivity index (χ3v) is 4.83. The third-order valence-electron chi connectivity index (χ3n) is 4.83. The molecule has 1 aliphatic heterocycles. The second kappa shape index (κ2) is 8.69. The molecule has 2 amide bonds. The number of nitrogens with one attached hydrogen (secondary N) is 1. The van der Waals surface area contributed by atoms with Gasteiger partial charge >= 0.3 is 0 Å². The van der Waals surface area contributed by atoms with Gasteiger partial charge in [-0.2, -0.15) is 0 Å². The number of aromatic hydroxyl groups is 1. The summed E-state index contributed by atoms with van der Waals surface area (Å²) >= 11 is 0. The van der Waals surface area contributed by atoms with E-state index in [0.29, 0.717) is 11.1 Å². The van der Waals surface area contributed by atoms with Gasteiger partial charge in [0.15, 0.2) is 11.5 Å². The Hall–Kier alpha value is -3.81. The number of methoxy groups -OCH3 is 1. The Morgan fingerprint density at radius 3 is 2.50 bits per heavy atom. The first-order valence-electron chi connectivity index (χ1n) is 9.30. The summed E-state index contributed by atoms with van der Waals surface area (Å²) in [6, 6.07) is 12.0. The number of nitrogens with zero attached hydrogens (tertiary/aromatic N) is 1. The number of amides is 2. The fourth-order valence-electron chi connectivity index (χ4n) is 3.43. The minimum atomic E-state index is -0.909. The Bertz CT molecular complexity index is 1020. The van der Waals surface area contributed by atoms with Crippen molar-refractivity contribution in [3.8, 4) is 11.5 Å². The highest BCUT2D eigenvalue weighted by molar-refractivity contribution is 6.46. The second-order valence-corrected chi connectivity index (χ2v) is 6.77. The number of rotatable bonds is 6. The first kappa shape index (κ1) is 20.9. The Labute approximate surface area is 173 Å². The van der Waals surface area contributed by atoms with Crippen LogP contribution >= 0.6 is 0 Å². The van der Waals surface area contributed by atoms with Crippen LogP contribution in [0.2, 0.25) is 0 Å². The highest BCUT2D eigenvalue weighted by atomic mass is 16.5. The maximum Gasteiger partial charge on any atom is 0.295 e. The molecule has 0 unspecified atom stereocenters. The summed E-state index contributed by atoms with van der Waals surface area (Å²) in [6.07, 6.45) is 0. The standard InChI is InChI=1S/C22H22N2O6/c1-13(25)23-10-11-24-19(15-8-9-16(26)17(12-15)30-2)18(21(28)22(24)29)20(27)14-6-4-3-5-7-14/h3-9,12,19,26-27H,10-11H2,1-2H3,(H,23,25)/b20-18+/t19-/m1/s1. The maximum absolute atomic E-state index is 12.9. The number of phenolic OH excluding ortho intramolecular Hbond substituents is 1. The molecule has 1 heterocycles. The van der Waals surface area contributed by atoms with Gasteiger partial charge in [-0.15, -0.1) is 0 Å². The fourth-order valence-corrected chi connectivity index (χ4v) is 3.43. The molecule has 3 rings (SSSR count). The van der Waals surface area contributed by atoms with Crippen LogP contribution in [0.5, 0.6) is 11.5 Å². The van der Waals surface area contributed by atoms with E-state index in [1.807, 2.05) is 0 Å². The van der Waals surface area contributed by atoms with Crippen LogP contribution in [0.15, 0.2) is 54.1 Å². The minimum Gasteiger partial charge on any atom is -0.507 e. The topological polar surface area (TPSA) is 116 Å². The largest absolute Gasteiger partial charge is 0.507 e. The predicted octanol–water partition coefficient (Wildman–Crippen LogP) is 1.96.